The smallest absolute Gasteiger partial charge is 0.256 e. The van der Waals surface area contributed by atoms with Crippen molar-refractivity contribution < 1.29 is 19.9 Å². The second-order valence-electron chi connectivity index (χ2n) is 6.14. The number of anilines is 1. The first kappa shape index (κ1) is 14.3. The molecule has 3 heterocycles. The highest BCUT2D eigenvalue weighted by Gasteiger charge is 2.34. The molecule has 0 aliphatic carbocycles. The van der Waals surface area contributed by atoms with E-state index in [1.165, 1.54) is 21.9 Å². The Morgan fingerprint density at radius 2 is 2.13 bits per heavy atom. The minimum atomic E-state index is -0.499. The Balaban J connectivity index is 1.71. The van der Waals surface area contributed by atoms with Crippen LogP contribution >= 0.6 is 11.3 Å². The lowest BCUT2D eigenvalue weighted by Gasteiger charge is -2.27. The first-order chi connectivity index (χ1) is 11.0. The average Bonchev–Trinajstić information content (AvgIpc) is 2.84. The fraction of sp³-hybridized carbons (Fsp3) is 0.312. The lowest BCUT2D eigenvalue weighted by atomic mass is 10.0. The van der Waals surface area contributed by atoms with Gasteiger partial charge in [-0.2, -0.15) is 0 Å². The first-order valence-electron chi connectivity index (χ1n) is 7.58. The number of thiophene rings is 1. The van der Waals surface area contributed by atoms with E-state index in [2.05, 4.69) is 17.7 Å². The van der Waals surface area contributed by atoms with E-state index in [1.807, 2.05) is 0 Å². The predicted molar refractivity (Wildman–Crippen MR) is 87.1 cm³/mol. The Morgan fingerprint density at radius 1 is 1.30 bits per heavy atom. The molecule has 0 radical (unpaired) electrons. The van der Waals surface area contributed by atoms with E-state index in [1.54, 1.807) is 17.4 Å². The van der Waals surface area contributed by atoms with E-state index in [-0.39, 0.29) is 17.4 Å². The molecule has 5 N–H and O–H groups in total. The van der Waals surface area contributed by atoms with Crippen LogP contribution in [0.3, 0.4) is 0 Å². The summed E-state index contributed by atoms with van der Waals surface area (Å²) >= 11 is 1.63. The van der Waals surface area contributed by atoms with Crippen molar-refractivity contribution in [3.63, 3.8) is 0 Å². The molecule has 23 heavy (non-hydrogen) atoms. The van der Waals surface area contributed by atoms with Gasteiger partial charge < -0.3 is 25.7 Å². The number of phenolic OH excluding ortho intramolecular Hbond substituents is 2. The third-order valence-electron chi connectivity index (χ3n) is 4.46. The van der Waals surface area contributed by atoms with Crippen LogP contribution in [0.4, 0.5) is 5.00 Å². The number of amides is 1. The van der Waals surface area contributed by atoms with Crippen LogP contribution in [0, 0.1) is 0 Å². The van der Waals surface area contributed by atoms with E-state index >= 15 is 0 Å². The van der Waals surface area contributed by atoms with E-state index < -0.39 is 6.17 Å². The Hall–Kier alpha value is -2.25. The molecule has 1 aromatic heterocycles. The molecule has 2 atom stereocenters. The highest BCUT2D eigenvalue weighted by molar-refractivity contribution is 7.16. The number of rotatable bonds is 1. The topological polar surface area (TPSA) is 86.0 Å². The van der Waals surface area contributed by atoms with Gasteiger partial charge in [0.1, 0.15) is 29.2 Å². The van der Waals surface area contributed by atoms with Gasteiger partial charge in [-0.25, -0.2) is 0 Å². The molecule has 2 aliphatic rings. The molecule has 0 bridgehead atoms. The van der Waals surface area contributed by atoms with Gasteiger partial charge in [-0.15, -0.1) is 11.3 Å². The lowest BCUT2D eigenvalue weighted by Crippen LogP contribution is -3.08. The second kappa shape index (κ2) is 5.14. The summed E-state index contributed by atoms with van der Waals surface area (Å²) in [5.74, 6) is -0.156. The van der Waals surface area contributed by atoms with Gasteiger partial charge in [0, 0.05) is 18.1 Å². The van der Waals surface area contributed by atoms with Crippen molar-refractivity contribution in [3.8, 4) is 11.5 Å². The van der Waals surface area contributed by atoms with Crippen LogP contribution in [-0.4, -0.2) is 29.7 Å². The molecule has 6 nitrogen and oxygen atoms in total. The summed E-state index contributed by atoms with van der Waals surface area (Å²) in [5.41, 5.74) is 2.46. The molecule has 0 fully saturated rings. The molecule has 120 valence electrons. The van der Waals surface area contributed by atoms with Gasteiger partial charge in [-0.1, -0.05) is 0 Å². The lowest BCUT2D eigenvalue weighted by molar-refractivity contribution is -0.895. The quantitative estimate of drug-likeness (QED) is 0.529. The standard InChI is InChI=1S/C16H17N3O3S/c1-19-5-4-10-12(7-19)23-16-13(10)15(22)17-14(18-16)9-3-2-8(20)6-11(9)21/h2-3,6,14,18,20-21H,4-5,7H2,1H3,(H,17,22)/p+1/t14-/m1/s1. The zero-order valence-electron chi connectivity index (χ0n) is 12.6. The van der Waals surface area contributed by atoms with Gasteiger partial charge in [-0.05, 0) is 17.7 Å². The zero-order valence-corrected chi connectivity index (χ0v) is 13.5. The molecule has 2 aromatic rings. The molecule has 1 amide bonds. The molecule has 0 saturated carbocycles. The molecular formula is C16H18N3O3S+. The molecular weight excluding hydrogens is 314 g/mol. The van der Waals surface area contributed by atoms with Crippen LogP contribution < -0.4 is 15.5 Å². The molecule has 7 heteroatoms. The van der Waals surface area contributed by atoms with Crippen molar-refractivity contribution in [1.29, 1.82) is 0 Å². The van der Waals surface area contributed by atoms with Gasteiger partial charge in [0.05, 0.1) is 24.0 Å². The van der Waals surface area contributed by atoms with Crippen molar-refractivity contribution in [3.05, 3.63) is 39.8 Å². The minimum absolute atomic E-state index is 0.00771. The van der Waals surface area contributed by atoms with Gasteiger partial charge in [0.15, 0.2) is 0 Å². The number of hydrogen-bond donors (Lipinski definition) is 5. The summed E-state index contributed by atoms with van der Waals surface area (Å²) in [4.78, 5) is 15.3. The molecule has 4 rings (SSSR count). The Morgan fingerprint density at radius 3 is 2.91 bits per heavy atom. The summed E-state index contributed by atoms with van der Waals surface area (Å²) in [7, 11) is 2.16. The maximum Gasteiger partial charge on any atom is 0.256 e. The molecule has 2 aliphatic heterocycles. The minimum Gasteiger partial charge on any atom is -0.508 e. The average molecular weight is 332 g/mol. The fourth-order valence-corrected chi connectivity index (χ4v) is 4.65. The van der Waals surface area contributed by atoms with Crippen LogP contribution in [0.1, 0.15) is 32.5 Å². The third kappa shape index (κ3) is 2.32. The number of nitrogens with one attached hydrogen (secondary N) is 3. The number of phenols is 2. The number of likely N-dealkylation sites (N-methyl/N-ethyl adjacent to an activating group) is 1. The summed E-state index contributed by atoms with van der Waals surface area (Å²) in [6, 6.07) is 4.38. The highest BCUT2D eigenvalue weighted by Crippen LogP contribution is 2.40. The number of carbonyl (C=O) groups excluding carboxylic acids is 1. The Bertz CT molecular complexity index is 802. The van der Waals surface area contributed by atoms with Crippen molar-refractivity contribution >= 4 is 22.2 Å². The maximum absolute atomic E-state index is 12.6. The normalized spacial score (nSPS) is 22.7. The van der Waals surface area contributed by atoms with Crippen molar-refractivity contribution in [2.45, 2.75) is 19.1 Å². The number of aromatic hydroxyl groups is 2. The van der Waals surface area contributed by atoms with Gasteiger partial charge >= 0.3 is 0 Å². The SMILES string of the molecule is C[NH+]1CCc2c(sc3c2C(=O)N[C@@H](c2ccc(O)cc2O)N3)C1. The third-order valence-corrected chi connectivity index (χ3v) is 5.62. The summed E-state index contributed by atoms with van der Waals surface area (Å²) in [6.07, 6.45) is 0.415. The highest BCUT2D eigenvalue weighted by atomic mass is 32.1. The summed E-state index contributed by atoms with van der Waals surface area (Å²) < 4.78 is 0. The van der Waals surface area contributed by atoms with Crippen LogP contribution in [0.2, 0.25) is 0 Å². The van der Waals surface area contributed by atoms with Crippen LogP contribution in [0.15, 0.2) is 18.2 Å². The largest absolute Gasteiger partial charge is 0.508 e. The van der Waals surface area contributed by atoms with E-state index in [0.717, 1.165) is 35.6 Å². The molecule has 1 unspecified atom stereocenters. The summed E-state index contributed by atoms with van der Waals surface area (Å²) in [5, 5.41) is 26.5. The zero-order chi connectivity index (χ0) is 16.1. The monoisotopic (exact) mass is 332 g/mol. The van der Waals surface area contributed by atoms with Crippen molar-refractivity contribution in [1.82, 2.24) is 5.32 Å². The van der Waals surface area contributed by atoms with Crippen LogP contribution in [-0.2, 0) is 13.0 Å². The molecule has 1 aromatic carbocycles. The Kier molecular flexibility index (Phi) is 3.21. The second-order valence-corrected chi connectivity index (χ2v) is 7.24. The number of benzene rings is 1. The fourth-order valence-electron chi connectivity index (χ4n) is 3.26. The number of fused-ring (bicyclic) bond motifs is 3. The predicted octanol–water partition coefficient (Wildman–Crippen LogP) is 0.584. The number of quaternary nitrogens is 1. The van der Waals surface area contributed by atoms with Gasteiger partial charge in [-0.3, -0.25) is 4.79 Å². The number of carbonyl (C=O) groups is 1. The van der Waals surface area contributed by atoms with E-state index in [9.17, 15) is 15.0 Å². The Labute approximate surface area is 137 Å². The van der Waals surface area contributed by atoms with Crippen LogP contribution in [0.25, 0.3) is 0 Å². The van der Waals surface area contributed by atoms with Gasteiger partial charge in [0.25, 0.3) is 5.91 Å². The van der Waals surface area contributed by atoms with Crippen molar-refractivity contribution in [2.24, 2.45) is 0 Å². The number of hydrogen-bond acceptors (Lipinski definition) is 5. The first-order valence-corrected chi connectivity index (χ1v) is 8.39. The van der Waals surface area contributed by atoms with Gasteiger partial charge in [0.2, 0.25) is 0 Å². The van der Waals surface area contributed by atoms with E-state index in [4.69, 9.17) is 0 Å². The van der Waals surface area contributed by atoms with Crippen LogP contribution in [0.5, 0.6) is 11.5 Å². The summed E-state index contributed by atoms with van der Waals surface area (Å²) in [6.45, 7) is 1.97. The maximum atomic E-state index is 12.6. The molecule has 0 spiro atoms. The molecule has 0 saturated heterocycles. The van der Waals surface area contributed by atoms with Crippen molar-refractivity contribution in [2.75, 3.05) is 18.9 Å². The van der Waals surface area contributed by atoms with E-state index in [0.29, 0.717) is 5.56 Å².